The lowest BCUT2D eigenvalue weighted by atomic mass is 10.1. The molecule has 1 heterocycles. The lowest BCUT2D eigenvalue weighted by Crippen LogP contribution is -2.54. The van der Waals surface area contributed by atoms with Gasteiger partial charge in [0.2, 0.25) is 0 Å². The molecule has 3 aromatic carbocycles. The number of imide groups is 2. The average molecular weight is 598 g/mol. The van der Waals surface area contributed by atoms with E-state index in [0.29, 0.717) is 10.7 Å². The number of para-hydroxylation sites is 1. The number of ether oxygens (including phenoxy) is 3. The van der Waals surface area contributed by atoms with Crippen LogP contribution in [0.5, 0.6) is 11.5 Å². The van der Waals surface area contributed by atoms with Crippen LogP contribution in [0.1, 0.15) is 15.9 Å². The number of carbonyl (C=O) groups is 5. The first-order valence-corrected chi connectivity index (χ1v) is 12.5. The summed E-state index contributed by atoms with van der Waals surface area (Å²) in [6, 6.07) is 14.0. The highest BCUT2D eigenvalue weighted by atomic mass is 35.5. The molecule has 13 heteroatoms. The zero-order valence-corrected chi connectivity index (χ0v) is 23.0. The molecule has 0 atom stereocenters. The van der Waals surface area contributed by atoms with Gasteiger partial charge in [-0.25, -0.2) is 14.5 Å². The molecule has 2 N–H and O–H groups in total. The number of rotatable bonds is 8. The molecule has 5 amide bonds. The molecule has 0 spiro atoms. The number of halogens is 2. The normalized spacial score (nSPS) is 14.0. The second-order valence-electron chi connectivity index (χ2n) is 8.35. The molecule has 0 aromatic heterocycles. The predicted octanol–water partition coefficient (Wildman–Crippen LogP) is 4.47. The maximum absolute atomic E-state index is 13.2. The van der Waals surface area contributed by atoms with Crippen molar-refractivity contribution in [1.29, 1.82) is 0 Å². The fourth-order valence-corrected chi connectivity index (χ4v) is 4.23. The van der Waals surface area contributed by atoms with Crippen LogP contribution in [0.4, 0.5) is 16.2 Å². The molecule has 11 nitrogen and oxygen atoms in total. The molecule has 4 rings (SSSR count). The highest BCUT2D eigenvalue weighted by Crippen LogP contribution is 2.37. The fraction of sp³-hybridized carbons (Fsp3) is 0.107. The van der Waals surface area contributed by atoms with Crippen molar-refractivity contribution in [2.75, 3.05) is 31.0 Å². The van der Waals surface area contributed by atoms with E-state index < -0.39 is 36.3 Å². The average Bonchev–Trinajstić information content (AvgIpc) is 2.95. The highest BCUT2D eigenvalue weighted by molar-refractivity contribution is 6.39. The lowest BCUT2D eigenvalue weighted by Gasteiger charge is -2.26. The molecule has 0 saturated carbocycles. The van der Waals surface area contributed by atoms with Gasteiger partial charge >= 0.3 is 12.0 Å². The van der Waals surface area contributed by atoms with Crippen LogP contribution in [0, 0.1) is 0 Å². The number of esters is 1. The molecule has 1 fully saturated rings. The zero-order valence-electron chi connectivity index (χ0n) is 21.5. The van der Waals surface area contributed by atoms with Crippen molar-refractivity contribution in [2.45, 2.75) is 0 Å². The van der Waals surface area contributed by atoms with Gasteiger partial charge in [0.25, 0.3) is 17.7 Å². The van der Waals surface area contributed by atoms with Gasteiger partial charge in [0, 0.05) is 0 Å². The number of amides is 5. The first-order valence-electron chi connectivity index (χ1n) is 11.8. The van der Waals surface area contributed by atoms with Crippen molar-refractivity contribution in [2.24, 2.45) is 0 Å². The Morgan fingerprint density at radius 2 is 1.68 bits per heavy atom. The molecule has 1 aliphatic heterocycles. The second-order valence-corrected chi connectivity index (χ2v) is 9.16. The van der Waals surface area contributed by atoms with Crippen LogP contribution in [-0.4, -0.2) is 50.5 Å². The van der Waals surface area contributed by atoms with Crippen molar-refractivity contribution < 1.29 is 38.2 Å². The van der Waals surface area contributed by atoms with Gasteiger partial charge in [0.1, 0.15) is 5.57 Å². The molecule has 210 valence electrons. The van der Waals surface area contributed by atoms with E-state index >= 15 is 0 Å². The Morgan fingerprint density at radius 3 is 2.34 bits per heavy atom. The number of nitrogens with zero attached hydrogens (tertiary/aromatic N) is 1. The van der Waals surface area contributed by atoms with Crippen molar-refractivity contribution in [1.82, 2.24) is 5.32 Å². The molecule has 41 heavy (non-hydrogen) atoms. The van der Waals surface area contributed by atoms with E-state index in [9.17, 15) is 24.0 Å². The van der Waals surface area contributed by atoms with Gasteiger partial charge in [-0.1, -0.05) is 35.3 Å². The fourth-order valence-electron chi connectivity index (χ4n) is 3.77. The van der Waals surface area contributed by atoms with Crippen LogP contribution >= 0.6 is 23.2 Å². The molecule has 0 bridgehead atoms. The Morgan fingerprint density at radius 1 is 0.976 bits per heavy atom. The van der Waals surface area contributed by atoms with E-state index in [-0.39, 0.29) is 38.9 Å². The van der Waals surface area contributed by atoms with E-state index in [1.54, 1.807) is 24.3 Å². The maximum Gasteiger partial charge on any atom is 0.337 e. The monoisotopic (exact) mass is 597 g/mol. The Kier molecular flexibility index (Phi) is 8.91. The number of methoxy groups -OCH3 is 2. The third-order valence-corrected chi connectivity index (χ3v) is 6.32. The van der Waals surface area contributed by atoms with Crippen LogP contribution in [0.3, 0.4) is 0 Å². The number of urea groups is 1. The molecule has 0 aliphatic carbocycles. The predicted molar refractivity (Wildman–Crippen MR) is 150 cm³/mol. The quantitative estimate of drug-likeness (QED) is 0.220. The minimum absolute atomic E-state index is 0.0248. The SMILES string of the molecule is COC(=O)c1ccc(N2C(=O)NC(=O)/C(=C/c3cc(Cl)c(OCC(=O)Nc4ccccc4Cl)c(OC)c3)C2=O)cc1. The van der Waals surface area contributed by atoms with E-state index in [1.807, 2.05) is 0 Å². The van der Waals surface area contributed by atoms with Gasteiger partial charge in [0.15, 0.2) is 18.1 Å². The topological polar surface area (TPSA) is 140 Å². The van der Waals surface area contributed by atoms with Gasteiger partial charge in [-0.2, -0.15) is 0 Å². The number of barbiturate groups is 1. The van der Waals surface area contributed by atoms with Gasteiger partial charge in [-0.05, 0) is 60.2 Å². The third-order valence-electron chi connectivity index (χ3n) is 5.71. The summed E-state index contributed by atoms with van der Waals surface area (Å²) in [5.41, 5.74) is 0.637. The summed E-state index contributed by atoms with van der Waals surface area (Å²) in [6.07, 6.45) is 1.22. The standard InChI is InChI=1S/C28H21Cl2N3O8/c1-39-22-13-15(12-20(30)24(22)41-14-23(34)31-21-6-4-3-5-19(21)29)11-18-25(35)32-28(38)33(26(18)36)17-9-7-16(8-10-17)27(37)40-2/h3-13H,14H2,1-2H3,(H,31,34)(H,32,35,38)/b18-11-. The summed E-state index contributed by atoms with van der Waals surface area (Å²) in [7, 11) is 2.57. The van der Waals surface area contributed by atoms with E-state index in [2.05, 4.69) is 15.4 Å². The second kappa shape index (κ2) is 12.5. The summed E-state index contributed by atoms with van der Waals surface area (Å²) in [5.74, 6) is -2.76. The van der Waals surface area contributed by atoms with Gasteiger partial charge in [0.05, 0.1) is 41.2 Å². The number of anilines is 2. The number of benzene rings is 3. The maximum atomic E-state index is 13.2. The minimum atomic E-state index is -0.961. The third kappa shape index (κ3) is 6.48. The summed E-state index contributed by atoms with van der Waals surface area (Å²) < 4.78 is 15.6. The zero-order chi connectivity index (χ0) is 29.7. The van der Waals surface area contributed by atoms with Gasteiger partial charge < -0.3 is 19.5 Å². The van der Waals surface area contributed by atoms with Crippen molar-refractivity contribution >= 4 is 70.4 Å². The molecule has 1 aliphatic rings. The van der Waals surface area contributed by atoms with Gasteiger partial charge in [-0.3, -0.25) is 19.7 Å². The lowest BCUT2D eigenvalue weighted by molar-refractivity contribution is -0.122. The highest BCUT2D eigenvalue weighted by Gasteiger charge is 2.37. The molecular weight excluding hydrogens is 577 g/mol. The summed E-state index contributed by atoms with van der Waals surface area (Å²) in [6.45, 7) is -0.422. The van der Waals surface area contributed by atoms with Crippen LogP contribution < -0.4 is 25.0 Å². The molecule has 0 unspecified atom stereocenters. The van der Waals surface area contributed by atoms with Crippen LogP contribution in [-0.2, 0) is 19.1 Å². The minimum Gasteiger partial charge on any atom is -0.493 e. The Hall–Kier alpha value is -4.87. The van der Waals surface area contributed by atoms with Crippen molar-refractivity contribution in [3.05, 3.63) is 87.4 Å². The number of nitrogens with one attached hydrogen (secondary N) is 2. The van der Waals surface area contributed by atoms with E-state index in [0.717, 1.165) is 4.90 Å². The molecule has 1 saturated heterocycles. The smallest absolute Gasteiger partial charge is 0.337 e. The largest absolute Gasteiger partial charge is 0.493 e. The summed E-state index contributed by atoms with van der Waals surface area (Å²) in [5, 5.41) is 5.11. The summed E-state index contributed by atoms with van der Waals surface area (Å²) >= 11 is 12.5. The van der Waals surface area contributed by atoms with Crippen molar-refractivity contribution in [3.8, 4) is 11.5 Å². The molecule has 3 aromatic rings. The Balaban J connectivity index is 1.56. The Labute approximate surface area is 243 Å². The van der Waals surface area contributed by atoms with E-state index in [4.69, 9.17) is 32.7 Å². The van der Waals surface area contributed by atoms with Crippen LogP contribution in [0.25, 0.3) is 6.08 Å². The number of carbonyl (C=O) groups excluding carboxylic acids is 5. The van der Waals surface area contributed by atoms with Crippen molar-refractivity contribution in [3.63, 3.8) is 0 Å². The molecule has 0 radical (unpaired) electrons. The van der Waals surface area contributed by atoms with Crippen LogP contribution in [0.2, 0.25) is 10.0 Å². The van der Waals surface area contributed by atoms with Gasteiger partial charge in [-0.15, -0.1) is 0 Å². The summed E-state index contributed by atoms with van der Waals surface area (Å²) in [4.78, 5) is 63.1. The van der Waals surface area contributed by atoms with Crippen LogP contribution in [0.15, 0.2) is 66.2 Å². The first kappa shape index (κ1) is 29.1. The molecular formula is C28H21Cl2N3O8. The number of hydrogen-bond donors (Lipinski definition) is 2. The van der Waals surface area contributed by atoms with E-state index in [1.165, 1.54) is 56.7 Å². The number of hydrogen-bond acceptors (Lipinski definition) is 8. The first-order chi connectivity index (χ1) is 19.6. The Bertz CT molecular complexity index is 1590.